The first-order chi connectivity index (χ1) is 22.3. The van der Waals surface area contributed by atoms with Gasteiger partial charge < -0.3 is 54.1 Å². The van der Waals surface area contributed by atoms with Gasteiger partial charge in [-0.05, 0) is 55.0 Å². The molecule has 0 bridgehead atoms. The number of hydrogen-bond donors (Lipinski definition) is 10. The van der Waals surface area contributed by atoms with Crippen LogP contribution in [0.25, 0.3) is 10.9 Å². The van der Waals surface area contributed by atoms with Gasteiger partial charge >= 0.3 is 5.97 Å². The van der Waals surface area contributed by atoms with Crippen molar-refractivity contribution in [1.29, 1.82) is 0 Å². The molecular weight excluding hydrogens is 610 g/mol. The average molecular weight is 652 g/mol. The van der Waals surface area contributed by atoms with E-state index in [0.29, 0.717) is 11.1 Å². The van der Waals surface area contributed by atoms with Gasteiger partial charge in [-0.15, -0.1) is 0 Å². The topological polar surface area (TPSA) is 294 Å². The van der Waals surface area contributed by atoms with Gasteiger partial charge in [0.2, 0.25) is 23.6 Å². The van der Waals surface area contributed by atoms with E-state index in [4.69, 9.17) is 22.9 Å². The highest BCUT2D eigenvalue weighted by atomic mass is 16.4. The lowest BCUT2D eigenvalue weighted by molar-refractivity contribution is -0.142. The average Bonchev–Trinajstić information content (AvgIpc) is 3.43. The number of amides is 4. The van der Waals surface area contributed by atoms with Crippen LogP contribution in [0.4, 0.5) is 0 Å². The third kappa shape index (κ3) is 11.3. The predicted octanol–water partition coefficient (Wildman–Crippen LogP) is -1.16. The number of nitrogens with zero attached hydrogens (tertiary/aromatic N) is 1. The number of H-pyrrole nitrogens is 1. The molecule has 252 valence electrons. The van der Waals surface area contributed by atoms with Crippen molar-refractivity contribution in [2.45, 2.75) is 62.7 Å². The molecule has 0 spiro atoms. The fraction of sp³-hybridized carbons (Fsp3) is 0.355. The van der Waals surface area contributed by atoms with Crippen LogP contribution in [-0.2, 0) is 36.8 Å². The van der Waals surface area contributed by atoms with Crippen LogP contribution in [0.2, 0.25) is 0 Å². The van der Waals surface area contributed by atoms with Crippen LogP contribution in [0, 0.1) is 0 Å². The molecule has 1 aromatic heterocycles. The number of primary amides is 1. The van der Waals surface area contributed by atoms with E-state index in [0.717, 1.165) is 10.9 Å². The van der Waals surface area contributed by atoms with Crippen LogP contribution < -0.4 is 38.9 Å². The third-order valence-corrected chi connectivity index (χ3v) is 7.33. The number of aliphatic carboxylic acids is 1. The number of carboxylic acid groups (broad SMARTS) is 1. The van der Waals surface area contributed by atoms with Gasteiger partial charge in [0.25, 0.3) is 0 Å². The molecule has 4 atom stereocenters. The molecule has 4 unspecified atom stereocenters. The van der Waals surface area contributed by atoms with Gasteiger partial charge in [0, 0.05) is 36.5 Å². The number of hydrogen-bond acceptors (Lipinski definition) is 8. The number of aliphatic imine (C=N–C) groups is 1. The van der Waals surface area contributed by atoms with Crippen molar-refractivity contribution in [2.24, 2.45) is 27.9 Å². The maximum absolute atomic E-state index is 13.7. The number of carbonyl (C=O) groups excluding carboxylic acids is 4. The molecule has 2 aromatic carbocycles. The molecule has 3 aromatic rings. The first kappa shape index (κ1) is 35.8. The van der Waals surface area contributed by atoms with E-state index in [1.807, 2.05) is 18.2 Å². The number of para-hydroxylation sites is 1. The van der Waals surface area contributed by atoms with Crippen molar-refractivity contribution in [1.82, 2.24) is 20.9 Å². The molecule has 0 saturated heterocycles. The summed E-state index contributed by atoms with van der Waals surface area (Å²) >= 11 is 0. The smallest absolute Gasteiger partial charge is 0.326 e. The zero-order valence-corrected chi connectivity index (χ0v) is 25.6. The molecular formula is C31H41N9O7. The summed E-state index contributed by atoms with van der Waals surface area (Å²) in [6.45, 7) is 0.154. The van der Waals surface area contributed by atoms with E-state index in [2.05, 4.69) is 25.9 Å². The molecule has 0 aliphatic carbocycles. The number of carbonyl (C=O) groups is 5. The van der Waals surface area contributed by atoms with Gasteiger partial charge in [-0.3, -0.25) is 24.2 Å². The van der Waals surface area contributed by atoms with E-state index in [1.165, 1.54) is 12.1 Å². The summed E-state index contributed by atoms with van der Waals surface area (Å²) in [4.78, 5) is 70.5. The maximum atomic E-state index is 13.7. The van der Waals surface area contributed by atoms with Gasteiger partial charge in [-0.2, -0.15) is 0 Å². The Morgan fingerprint density at radius 1 is 0.809 bits per heavy atom. The molecule has 16 heteroatoms. The van der Waals surface area contributed by atoms with Crippen LogP contribution in [0.1, 0.15) is 36.8 Å². The lowest BCUT2D eigenvalue weighted by atomic mass is 10.0. The molecule has 0 radical (unpaired) electrons. The Balaban J connectivity index is 1.84. The van der Waals surface area contributed by atoms with E-state index in [9.17, 15) is 34.2 Å². The van der Waals surface area contributed by atoms with Crippen LogP contribution in [0.5, 0.6) is 5.75 Å². The number of guanidine groups is 1. The fourth-order valence-corrected chi connectivity index (χ4v) is 4.85. The second kappa shape index (κ2) is 17.2. The number of aromatic nitrogens is 1. The van der Waals surface area contributed by atoms with Gasteiger partial charge in [0.05, 0.1) is 6.04 Å². The number of nitrogens with two attached hydrogens (primary N) is 4. The second-order valence-corrected chi connectivity index (χ2v) is 11.0. The van der Waals surface area contributed by atoms with Gasteiger partial charge in [-0.1, -0.05) is 30.3 Å². The molecule has 0 aliphatic heterocycles. The number of benzene rings is 2. The van der Waals surface area contributed by atoms with E-state index < -0.39 is 53.8 Å². The van der Waals surface area contributed by atoms with E-state index in [1.54, 1.807) is 24.4 Å². The molecule has 1 heterocycles. The number of rotatable bonds is 18. The summed E-state index contributed by atoms with van der Waals surface area (Å²) in [6.07, 6.45) is 1.54. The Morgan fingerprint density at radius 3 is 2.11 bits per heavy atom. The van der Waals surface area contributed by atoms with Crippen LogP contribution in [-0.4, -0.2) is 81.5 Å². The fourth-order valence-electron chi connectivity index (χ4n) is 4.85. The van der Waals surface area contributed by atoms with Crippen molar-refractivity contribution in [3.8, 4) is 5.75 Å². The third-order valence-electron chi connectivity index (χ3n) is 7.33. The molecule has 0 fully saturated rings. The van der Waals surface area contributed by atoms with E-state index in [-0.39, 0.29) is 56.8 Å². The first-order valence-corrected chi connectivity index (χ1v) is 14.9. The minimum atomic E-state index is -1.45. The lowest BCUT2D eigenvalue weighted by Crippen LogP contribution is -2.57. The summed E-state index contributed by atoms with van der Waals surface area (Å²) in [6, 6.07) is 8.47. The Bertz CT molecular complexity index is 1590. The quantitative estimate of drug-likeness (QED) is 0.0447. The minimum absolute atomic E-state index is 0.0429. The molecule has 47 heavy (non-hydrogen) atoms. The summed E-state index contributed by atoms with van der Waals surface area (Å²) in [7, 11) is 0. The monoisotopic (exact) mass is 651 g/mol. The van der Waals surface area contributed by atoms with Gasteiger partial charge in [0.15, 0.2) is 5.96 Å². The summed E-state index contributed by atoms with van der Waals surface area (Å²) in [5.41, 5.74) is 24.2. The second-order valence-electron chi connectivity index (χ2n) is 11.0. The number of phenolic OH excluding ortho intramolecular Hbond substituents is 1. The van der Waals surface area contributed by atoms with Gasteiger partial charge in [-0.25, -0.2) is 4.79 Å². The van der Waals surface area contributed by atoms with Crippen molar-refractivity contribution in [3.63, 3.8) is 0 Å². The summed E-state index contributed by atoms with van der Waals surface area (Å²) in [5, 5.41) is 27.7. The Morgan fingerprint density at radius 2 is 1.45 bits per heavy atom. The molecule has 0 aliphatic rings. The zero-order chi connectivity index (χ0) is 34.5. The molecule has 14 N–H and O–H groups in total. The van der Waals surface area contributed by atoms with Gasteiger partial charge in [0.1, 0.15) is 23.9 Å². The largest absolute Gasteiger partial charge is 0.508 e. The van der Waals surface area contributed by atoms with E-state index >= 15 is 0 Å². The maximum Gasteiger partial charge on any atom is 0.326 e. The van der Waals surface area contributed by atoms with Crippen molar-refractivity contribution >= 4 is 46.5 Å². The zero-order valence-electron chi connectivity index (χ0n) is 25.6. The predicted molar refractivity (Wildman–Crippen MR) is 174 cm³/mol. The van der Waals surface area contributed by atoms with Crippen molar-refractivity contribution < 1.29 is 34.2 Å². The number of aromatic hydroxyl groups is 1. The standard InChI is InChI=1S/C31H41N9O7/c32-21(14-17-7-9-19(41)10-8-17)27(43)38-23(6-3-13-36-31(34)35)28(44)40-25(15-18-16-37-22-5-2-1-4-20(18)22)29(45)39-24(30(46)47)11-12-26(33)42/h1-2,4-5,7-10,16,21,23-25,37,41H,3,6,11-15,32H2,(H2,33,42)(H,38,43)(H,39,45)(H,40,44)(H,46,47)(H4,34,35,36). The highest BCUT2D eigenvalue weighted by molar-refractivity contribution is 5.95. The number of phenols is 1. The Hall–Kier alpha value is -5.64. The minimum Gasteiger partial charge on any atom is -0.508 e. The molecule has 3 rings (SSSR count). The molecule has 0 saturated carbocycles. The first-order valence-electron chi connectivity index (χ1n) is 14.9. The van der Waals surface area contributed by atoms with Crippen LogP contribution in [0.15, 0.2) is 59.7 Å². The number of nitrogens with one attached hydrogen (secondary N) is 4. The number of aromatic amines is 1. The highest BCUT2D eigenvalue weighted by Crippen LogP contribution is 2.20. The SMILES string of the molecule is NC(=O)CCC(NC(=O)C(Cc1c[nH]c2ccccc12)NC(=O)C(CCCN=C(N)N)NC(=O)C(N)Cc1ccc(O)cc1)C(=O)O. The van der Waals surface area contributed by atoms with Crippen molar-refractivity contribution in [2.75, 3.05) is 6.54 Å². The van der Waals surface area contributed by atoms with Crippen LogP contribution in [0.3, 0.4) is 0 Å². The summed E-state index contributed by atoms with van der Waals surface area (Å²) < 4.78 is 0. The van der Waals surface area contributed by atoms with Crippen molar-refractivity contribution in [3.05, 3.63) is 65.9 Å². The summed E-state index contributed by atoms with van der Waals surface area (Å²) in [5.74, 6) is -4.42. The highest BCUT2D eigenvalue weighted by Gasteiger charge is 2.31. The lowest BCUT2D eigenvalue weighted by Gasteiger charge is -2.25. The number of fused-ring (bicyclic) bond motifs is 1. The van der Waals surface area contributed by atoms with Crippen LogP contribution >= 0.6 is 0 Å². The Kier molecular flexibility index (Phi) is 13.1. The molecule has 16 nitrogen and oxygen atoms in total. The normalized spacial score (nSPS) is 13.5. The Labute approximate surface area is 270 Å². The number of carboxylic acids is 1. The molecule has 4 amide bonds.